The Morgan fingerprint density at radius 2 is 1.91 bits per heavy atom. The third kappa shape index (κ3) is 4.55. The molecule has 7 nitrogen and oxygen atoms in total. The molecule has 2 heterocycles. The van der Waals surface area contributed by atoms with E-state index in [2.05, 4.69) is 47.4 Å². The fourth-order valence-corrected chi connectivity index (χ4v) is 4.05. The van der Waals surface area contributed by atoms with Gasteiger partial charge in [-0.25, -0.2) is 9.50 Å². The monoisotopic (exact) mass is 448 g/mol. The molecule has 4 rings (SSSR count). The maximum absolute atomic E-state index is 12.6. The predicted molar refractivity (Wildman–Crippen MR) is 127 cm³/mol. The number of thioether (sulfide) groups is 1. The number of nitrogens with one attached hydrogen (secondary N) is 1. The van der Waals surface area contributed by atoms with Gasteiger partial charge in [-0.1, -0.05) is 23.9 Å². The topological polar surface area (TPSA) is 77.8 Å². The molecule has 164 valence electrons. The van der Waals surface area contributed by atoms with Gasteiger partial charge in [-0.05, 0) is 49.2 Å². The van der Waals surface area contributed by atoms with Crippen molar-refractivity contribution in [2.75, 3.05) is 25.3 Å². The van der Waals surface area contributed by atoms with Crippen LogP contribution < -0.4 is 14.8 Å². The molecule has 1 N–H and O–H groups in total. The molecule has 0 spiro atoms. The van der Waals surface area contributed by atoms with Crippen molar-refractivity contribution in [2.45, 2.75) is 18.9 Å². The maximum atomic E-state index is 12.6. The van der Waals surface area contributed by atoms with Gasteiger partial charge in [0.15, 0.2) is 0 Å². The first kappa shape index (κ1) is 21.7. The summed E-state index contributed by atoms with van der Waals surface area (Å²) >= 11 is 1.36. The van der Waals surface area contributed by atoms with E-state index in [0.29, 0.717) is 17.2 Å². The molecule has 0 aliphatic carbocycles. The molecule has 0 saturated carbocycles. The van der Waals surface area contributed by atoms with E-state index in [1.807, 2.05) is 12.3 Å². The molecule has 0 unspecified atom stereocenters. The van der Waals surface area contributed by atoms with Gasteiger partial charge in [0.05, 0.1) is 36.9 Å². The number of hydrogen-bond donors (Lipinski definition) is 1. The lowest BCUT2D eigenvalue weighted by Gasteiger charge is -2.11. The number of carbonyl (C=O) groups is 1. The van der Waals surface area contributed by atoms with Gasteiger partial charge in [-0.3, -0.25) is 4.79 Å². The van der Waals surface area contributed by atoms with Gasteiger partial charge in [0.2, 0.25) is 5.91 Å². The highest BCUT2D eigenvalue weighted by molar-refractivity contribution is 8.00. The Kier molecular flexibility index (Phi) is 6.32. The summed E-state index contributed by atoms with van der Waals surface area (Å²) in [5, 5.41) is 8.31. The Bertz CT molecular complexity index is 1290. The average molecular weight is 449 g/mol. The molecule has 0 fully saturated rings. The standard InChI is InChI=1S/C24H24N4O3S/c1-15-5-6-17(11-16(15)2)20-13-21-24(25-9-10-28(21)27-20)32-14-23(29)26-19-8-7-18(30-3)12-22(19)31-4/h5-13H,14H2,1-4H3,(H,26,29). The number of anilines is 1. The summed E-state index contributed by atoms with van der Waals surface area (Å²) in [4.78, 5) is 17.0. The van der Waals surface area contributed by atoms with E-state index in [9.17, 15) is 4.79 Å². The SMILES string of the molecule is COc1ccc(NC(=O)CSc2nccn3nc(-c4ccc(C)c(C)c4)cc23)c(OC)c1. The minimum atomic E-state index is -0.156. The molecule has 1 amide bonds. The van der Waals surface area contributed by atoms with Crippen LogP contribution in [0.3, 0.4) is 0 Å². The van der Waals surface area contributed by atoms with Gasteiger partial charge < -0.3 is 14.8 Å². The molecule has 2 aromatic carbocycles. The first-order valence-corrected chi connectivity index (χ1v) is 11.0. The molecule has 0 atom stereocenters. The summed E-state index contributed by atoms with van der Waals surface area (Å²) in [5.74, 6) is 1.24. The normalized spacial score (nSPS) is 10.9. The van der Waals surface area contributed by atoms with Gasteiger partial charge in [0.25, 0.3) is 0 Å². The van der Waals surface area contributed by atoms with Crippen LogP contribution in [0.4, 0.5) is 5.69 Å². The van der Waals surface area contributed by atoms with Crippen molar-refractivity contribution < 1.29 is 14.3 Å². The molecule has 0 aliphatic heterocycles. The molecule has 2 aromatic heterocycles. The lowest BCUT2D eigenvalue weighted by molar-refractivity contribution is -0.113. The molecule has 8 heteroatoms. The second-order valence-electron chi connectivity index (χ2n) is 7.29. The van der Waals surface area contributed by atoms with Crippen LogP contribution >= 0.6 is 11.8 Å². The summed E-state index contributed by atoms with van der Waals surface area (Å²) in [5.41, 5.74) is 5.84. The number of methoxy groups -OCH3 is 2. The number of ether oxygens (including phenoxy) is 2. The van der Waals surface area contributed by atoms with E-state index in [0.717, 1.165) is 21.8 Å². The van der Waals surface area contributed by atoms with Gasteiger partial charge in [0, 0.05) is 24.0 Å². The zero-order valence-electron chi connectivity index (χ0n) is 18.4. The van der Waals surface area contributed by atoms with Crippen molar-refractivity contribution in [3.05, 3.63) is 66.0 Å². The molecule has 0 saturated heterocycles. The molecule has 0 aliphatic rings. The van der Waals surface area contributed by atoms with Crippen molar-refractivity contribution in [2.24, 2.45) is 0 Å². The van der Waals surface area contributed by atoms with Crippen molar-refractivity contribution in [3.63, 3.8) is 0 Å². The highest BCUT2D eigenvalue weighted by Gasteiger charge is 2.13. The van der Waals surface area contributed by atoms with Crippen LogP contribution in [-0.4, -0.2) is 40.5 Å². The minimum Gasteiger partial charge on any atom is -0.497 e. The van der Waals surface area contributed by atoms with Gasteiger partial charge in [-0.15, -0.1) is 0 Å². The van der Waals surface area contributed by atoms with E-state index < -0.39 is 0 Å². The van der Waals surface area contributed by atoms with Crippen LogP contribution in [0, 0.1) is 13.8 Å². The van der Waals surface area contributed by atoms with Crippen LogP contribution in [0.2, 0.25) is 0 Å². The van der Waals surface area contributed by atoms with Gasteiger partial charge in [-0.2, -0.15) is 5.10 Å². The predicted octanol–water partition coefficient (Wildman–Crippen LogP) is 4.76. The van der Waals surface area contributed by atoms with Crippen molar-refractivity contribution in [1.82, 2.24) is 14.6 Å². The quantitative estimate of drug-likeness (QED) is 0.411. The van der Waals surface area contributed by atoms with Crippen molar-refractivity contribution >= 4 is 28.9 Å². The summed E-state index contributed by atoms with van der Waals surface area (Å²) in [7, 11) is 3.13. The molecule has 0 radical (unpaired) electrons. The lowest BCUT2D eigenvalue weighted by atomic mass is 10.0. The zero-order valence-corrected chi connectivity index (χ0v) is 19.2. The average Bonchev–Trinajstić information content (AvgIpc) is 3.24. The van der Waals surface area contributed by atoms with Crippen LogP contribution in [-0.2, 0) is 4.79 Å². The molecule has 0 bridgehead atoms. The molecule has 32 heavy (non-hydrogen) atoms. The summed E-state index contributed by atoms with van der Waals surface area (Å²) in [6, 6.07) is 13.6. The fraction of sp³-hybridized carbons (Fsp3) is 0.208. The largest absolute Gasteiger partial charge is 0.497 e. The highest BCUT2D eigenvalue weighted by atomic mass is 32.2. The Morgan fingerprint density at radius 1 is 1.06 bits per heavy atom. The first-order chi connectivity index (χ1) is 15.5. The third-order valence-corrected chi connectivity index (χ3v) is 6.17. The lowest BCUT2D eigenvalue weighted by Crippen LogP contribution is -2.15. The number of fused-ring (bicyclic) bond motifs is 1. The Labute approximate surface area is 190 Å². The van der Waals surface area contributed by atoms with Gasteiger partial charge >= 0.3 is 0 Å². The molecular weight excluding hydrogens is 424 g/mol. The number of rotatable bonds is 7. The van der Waals surface area contributed by atoms with Gasteiger partial charge in [0.1, 0.15) is 16.5 Å². The number of amides is 1. The summed E-state index contributed by atoms with van der Waals surface area (Å²) in [6.07, 6.45) is 3.50. The number of benzene rings is 2. The second-order valence-corrected chi connectivity index (χ2v) is 8.26. The summed E-state index contributed by atoms with van der Waals surface area (Å²) in [6.45, 7) is 4.18. The summed E-state index contributed by atoms with van der Waals surface area (Å²) < 4.78 is 12.3. The van der Waals surface area contributed by atoms with E-state index in [1.54, 1.807) is 43.1 Å². The maximum Gasteiger partial charge on any atom is 0.234 e. The van der Waals surface area contributed by atoms with E-state index in [1.165, 1.54) is 22.9 Å². The van der Waals surface area contributed by atoms with Crippen LogP contribution in [0.15, 0.2) is 59.9 Å². The van der Waals surface area contributed by atoms with E-state index in [4.69, 9.17) is 9.47 Å². The Balaban J connectivity index is 1.50. The van der Waals surface area contributed by atoms with E-state index in [-0.39, 0.29) is 11.7 Å². The highest BCUT2D eigenvalue weighted by Crippen LogP contribution is 2.30. The van der Waals surface area contributed by atoms with Crippen LogP contribution in [0.25, 0.3) is 16.8 Å². The number of aryl methyl sites for hydroxylation is 2. The number of carbonyl (C=O) groups excluding carboxylic acids is 1. The second kappa shape index (κ2) is 9.32. The first-order valence-electron chi connectivity index (χ1n) is 10.0. The number of nitrogens with zero attached hydrogens (tertiary/aromatic N) is 3. The number of hydrogen-bond acceptors (Lipinski definition) is 6. The molecule has 4 aromatic rings. The van der Waals surface area contributed by atoms with Crippen molar-refractivity contribution in [1.29, 1.82) is 0 Å². The van der Waals surface area contributed by atoms with Crippen LogP contribution in [0.5, 0.6) is 11.5 Å². The fourth-order valence-electron chi connectivity index (χ4n) is 3.27. The minimum absolute atomic E-state index is 0.156. The Hall–Kier alpha value is -3.52. The number of aromatic nitrogens is 3. The zero-order chi connectivity index (χ0) is 22.7. The van der Waals surface area contributed by atoms with E-state index >= 15 is 0 Å². The van der Waals surface area contributed by atoms with Crippen molar-refractivity contribution in [3.8, 4) is 22.8 Å². The van der Waals surface area contributed by atoms with Crippen LogP contribution in [0.1, 0.15) is 11.1 Å². The molecular formula is C24H24N4O3S. The smallest absolute Gasteiger partial charge is 0.234 e. The Morgan fingerprint density at radius 3 is 2.66 bits per heavy atom. The third-order valence-electron chi connectivity index (χ3n) is 5.18.